The lowest BCUT2D eigenvalue weighted by Crippen LogP contribution is -2.11. The lowest BCUT2D eigenvalue weighted by molar-refractivity contribution is 0.985. The first kappa shape index (κ1) is 14.4. The summed E-state index contributed by atoms with van der Waals surface area (Å²) in [5.74, 6) is 1.79. The molecule has 1 aromatic heterocycles. The molecule has 0 aromatic carbocycles. The van der Waals surface area contributed by atoms with Crippen LogP contribution in [0.3, 0.4) is 0 Å². The minimum absolute atomic E-state index is 0. The van der Waals surface area contributed by atoms with Crippen LogP contribution in [0, 0.1) is 0 Å². The summed E-state index contributed by atoms with van der Waals surface area (Å²) in [6.45, 7) is 8.39. The largest absolute Gasteiger partial charge is 0.354 e. The first-order valence-electron chi connectivity index (χ1n) is 5.27. The fraction of sp³-hybridized carbons (Fsp3) is 0.700. The van der Waals surface area contributed by atoms with E-state index in [1.54, 1.807) is 0 Å². The van der Waals surface area contributed by atoms with Crippen molar-refractivity contribution in [1.82, 2.24) is 15.0 Å². The van der Waals surface area contributed by atoms with Gasteiger partial charge in [-0.15, -0.1) is 0 Å². The molecule has 92 valence electrons. The minimum Gasteiger partial charge on any atom is -0.354 e. The predicted octanol–water partition coefficient (Wildman–Crippen LogP) is 1.80. The Hall–Kier alpha value is -1.59. The topological polar surface area (TPSA) is 74.8 Å². The highest BCUT2D eigenvalue weighted by Crippen LogP contribution is 2.08. The van der Waals surface area contributed by atoms with Gasteiger partial charge in [0.25, 0.3) is 0 Å². The van der Waals surface area contributed by atoms with Gasteiger partial charge in [0.15, 0.2) is 0 Å². The maximum absolute atomic E-state index is 4.21. The van der Waals surface area contributed by atoms with E-state index >= 15 is 0 Å². The zero-order valence-corrected chi connectivity index (χ0v) is 9.46. The van der Waals surface area contributed by atoms with E-state index in [0.29, 0.717) is 17.8 Å². The van der Waals surface area contributed by atoms with Crippen LogP contribution in [-0.4, -0.2) is 34.6 Å². The number of aromatic nitrogens is 3. The number of hydrogen-bond acceptors (Lipinski definition) is 6. The van der Waals surface area contributed by atoms with Crippen molar-refractivity contribution in [3.8, 4) is 0 Å². The fourth-order valence-electron chi connectivity index (χ4n) is 1.09. The van der Waals surface area contributed by atoms with Crippen molar-refractivity contribution in [2.75, 3.05) is 35.6 Å². The third kappa shape index (κ3) is 4.29. The van der Waals surface area contributed by atoms with E-state index in [9.17, 15) is 0 Å². The van der Waals surface area contributed by atoms with Crippen molar-refractivity contribution in [3.05, 3.63) is 0 Å². The van der Waals surface area contributed by atoms with Crippen LogP contribution in [0.2, 0.25) is 0 Å². The van der Waals surface area contributed by atoms with Crippen LogP contribution >= 0.6 is 0 Å². The monoisotopic (exact) mass is 226 g/mol. The summed E-state index contributed by atoms with van der Waals surface area (Å²) in [5.41, 5.74) is 0. The van der Waals surface area contributed by atoms with Crippen molar-refractivity contribution in [2.45, 2.75) is 28.2 Å². The maximum atomic E-state index is 4.21. The zero-order valence-electron chi connectivity index (χ0n) is 9.46. The molecule has 16 heavy (non-hydrogen) atoms. The predicted molar refractivity (Wildman–Crippen MR) is 69.0 cm³/mol. The molecule has 0 saturated carbocycles. The van der Waals surface area contributed by atoms with Gasteiger partial charge in [0.05, 0.1) is 0 Å². The molecule has 0 aliphatic carbocycles. The van der Waals surface area contributed by atoms with Gasteiger partial charge in [0.2, 0.25) is 17.8 Å². The van der Waals surface area contributed by atoms with Gasteiger partial charge in [0.1, 0.15) is 0 Å². The molecule has 0 radical (unpaired) electrons. The first-order chi connectivity index (χ1) is 7.30. The van der Waals surface area contributed by atoms with Gasteiger partial charge in [-0.05, 0) is 20.8 Å². The number of rotatable bonds is 6. The van der Waals surface area contributed by atoms with E-state index in [4.69, 9.17) is 0 Å². The second kappa shape index (κ2) is 7.67. The second-order valence-electron chi connectivity index (χ2n) is 2.90. The Labute approximate surface area is 97.3 Å². The van der Waals surface area contributed by atoms with Gasteiger partial charge in [-0.2, -0.15) is 15.0 Å². The average molecular weight is 226 g/mol. The molecule has 0 bridgehead atoms. The highest BCUT2D eigenvalue weighted by molar-refractivity contribution is 5.41. The molecule has 1 heterocycles. The molecule has 1 aromatic rings. The molecule has 6 heteroatoms. The SMILES string of the molecule is C.CCNc1nc(NCC)nc(NCC)n1. The van der Waals surface area contributed by atoms with Crippen molar-refractivity contribution in [3.63, 3.8) is 0 Å². The number of anilines is 3. The Morgan fingerprint density at radius 2 is 0.938 bits per heavy atom. The molecule has 0 unspecified atom stereocenters. The van der Waals surface area contributed by atoms with E-state index in [0.717, 1.165) is 19.6 Å². The zero-order chi connectivity index (χ0) is 11.1. The summed E-state index contributed by atoms with van der Waals surface area (Å²) in [7, 11) is 0. The molecule has 0 saturated heterocycles. The molecule has 0 spiro atoms. The minimum atomic E-state index is 0. The van der Waals surface area contributed by atoms with Crippen molar-refractivity contribution < 1.29 is 0 Å². The third-order valence-electron chi connectivity index (χ3n) is 1.64. The van der Waals surface area contributed by atoms with Crippen LogP contribution in [0.4, 0.5) is 17.8 Å². The molecule has 1 rings (SSSR count). The van der Waals surface area contributed by atoms with Gasteiger partial charge in [0, 0.05) is 19.6 Å². The standard InChI is InChI=1S/C9H18N6.CH4/c1-4-10-7-13-8(11-5-2)15-9(14-7)12-6-3;/h4-6H2,1-3H3,(H3,10,11,12,13,14,15);1H4. The molecule has 0 amide bonds. The molecule has 6 nitrogen and oxygen atoms in total. The Morgan fingerprint density at radius 1 is 0.688 bits per heavy atom. The van der Waals surface area contributed by atoms with Crippen molar-refractivity contribution >= 4 is 17.8 Å². The van der Waals surface area contributed by atoms with Crippen LogP contribution in [0.15, 0.2) is 0 Å². The Kier molecular flexibility index (Phi) is 6.91. The lowest BCUT2D eigenvalue weighted by Gasteiger charge is -2.08. The van der Waals surface area contributed by atoms with Crippen molar-refractivity contribution in [2.24, 2.45) is 0 Å². The van der Waals surface area contributed by atoms with E-state index in [1.807, 2.05) is 20.8 Å². The lowest BCUT2D eigenvalue weighted by atomic mass is 10.7. The van der Waals surface area contributed by atoms with Gasteiger partial charge in [-0.1, -0.05) is 7.43 Å². The summed E-state index contributed by atoms with van der Waals surface area (Å²) >= 11 is 0. The summed E-state index contributed by atoms with van der Waals surface area (Å²) < 4.78 is 0. The van der Waals surface area contributed by atoms with Crippen LogP contribution in [0.5, 0.6) is 0 Å². The smallest absolute Gasteiger partial charge is 0.229 e. The normalized spacial score (nSPS) is 9.19. The van der Waals surface area contributed by atoms with Crippen LogP contribution in [0.25, 0.3) is 0 Å². The van der Waals surface area contributed by atoms with Crippen molar-refractivity contribution in [1.29, 1.82) is 0 Å². The second-order valence-corrected chi connectivity index (χ2v) is 2.90. The summed E-state index contributed by atoms with van der Waals surface area (Å²) in [5, 5.41) is 9.19. The highest BCUT2D eigenvalue weighted by atomic mass is 15.3. The Bertz CT molecular complexity index is 241. The van der Waals surface area contributed by atoms with Crippen LogP contribution in [0.1, 0.15) is 28.2 Å². The summed E-state index contributed by atoms with van der Waals surface area (Å²) in [6.07, 6.45) is 0. The molecule has 0 fully saturated rings. The summed E-state index contributed by atoms with van der Waals surface area (Å²) in [4.78, 5) is 12.6. The quantitative estimate of drug-likeness (QED) is 0.687. The van der Waals surface area contributed by atoms with E-state index in [-0.39, 0.29) is 7.43 Å². The number of nitrogens with zero attached hydrogens (tertiary/aromatic N) is 3. The third-order valence-corrected chi connectivity index (χ3v) is 1.64. The Balaban J connectivity index is 0.00000225. The molecular formula is C10H22N6. The molecule has 3 N–H and O–H groups in total. The molecule has 0 aliphatic rings. The van der Waals surface area contributed by atoms with Crippen LogP contribution < -0.4 is 16.0 Å². The highest BCUT2D eigenvalue weighted by Gasteiger charge is 2.03. The number of nitrogens with one attached hydrogen (secondary N) is 3. The summed E-state index contributed by atoms with van der Waals surface area (Å²) in [6, 6.07) is 0. The van der Waals surface area contributed by atoms with E-state index in [2.05, 4.69) is 30.9 Å². The maximum Gasteiger partial charge on any atom is 0.229 e. The van der Waals surface area contributed by atoms with E-state index in [1.165, 1.54) is 0 Å². The first-order valence-corrected chi connectivity index (χ1v) is 5.27. The molecule has 0 atom stereocenters. The fourth-order valence-corrected chi connectivity index (χ4v) is 1.09. The van der Waals surface area contributed by atoms with Gasteiger partial charge in [-0.3, -0.25) is 0 Å². The average Bonchev–Trinajstić information content (AvgIpc) is 2.19. The molecule has 0 aliphatic heterocycles. The van der Waals surface area contributed by atoms with Gasteiger partial charge < -0.3 is 16.0 Å². The van der Waals surface area contributed by atoms with Crippen LogP contribution in [-0.2, 0) is 0 Å². The Morgan fingerprint density at radius 3 is 1.12 bits per heavy atom. The van der Waals surface area contributed by atoms with Gasteiger partial charge >= 0.3 is 0 Å². The number of hydrogen-bond donors (Lipinski definition) is 3. The van der Waals surface area contributed by atoms with Gasteiger partial charge in [-0.25, -0.2) is 0 Å². The molecular weight excluding hydrogens is 204 g/mol. The van der Waals surface area contributed by atoms with E-state index < -0.39 is 0 Å².